The Balaban J connectivity index is 2.06. The topological polar surface area (TPSA) is 44.2 Å². The molecule has 4 nitrogen and oxygen atoms in total. The molecule has 0 saturated carbocycles. The molecule has 1 aromatic rings. The van der Waals surface area contributed by atoms with Gasteiger partial charge >= 0.3 is 7.12 Å². The molecule has 5 heteroatoms. The zero-order valence-corrected chi connectivity index (χ0v) is 10.7. The van der Waals surface area contributed by atoms with E-state index in [0.717, 1.165) is 5.69 Å². The van der Waals surface area contributed by atoms with E-state index in [9.17, 15) is 0 Å². The van der Waals surface area contributed by atoms with Crippen molar-refractivity contribution in [2.24, 2.45) is 0 Å². The SMILES string of the molecule is CC1(C)OB(/C=C/c2cnccn2)OC1(C)C. The van der Waals surface area contributed by atoms with E-state index in [4.69, 9.17) is 9.31 Å². The van der Waals surface area contributed by atoms with Gasteiger partial charge in [-0.25, -0.2) is 0 Å². The predicted octanol–water partition coefficient (Wildman–Crippen LogP) is 2.12. The average Bonchev–Trinajstić information content (AvgIpc) is 2.46. The summed E-state index contributed by atoms with van der Waals surface area (Å²) in [7, 11) is -0.331. The maximum Gasteiger partial charge on any atom is 0.487 e. The van der Waals surface area contributed by atoms with E-state index in [2.05, 4.69) is 9.97 Å². The normalized spacial score (nSPS) is 22.2. The predicted molar refractivity (Wildman–Crippen MR) is 67.1 cm³/mol. The lowest BCUT2D eigenvalue weighted by molar-refractivity contribution is 0.00578. The highest BCUT2D eigenvalue weighted by molar-refractivity contribution is 6.52. The molecular formula is C12H17BN2O2. The first-order valence-corrected chi connectivity index (χ1v) is 5.71. The Morgan fingerprint density at radius 2 is 1.76 bits per heavy atom. The standard InChI is InChI=1S/C12H17BN2O2/c1-11(2)12(3,4)17-13(16-11)6-5-10-9-14-7-8-15-10/h5-9H,1-4H3/b6-5+. The molecule has 0 spiro atoms. The van der Waals surface area contributed by atoms with Crippen molar-refractivity contribution in [1.29, 1.82) is 0 Å². The summed E-state index contributed by atoms with van der Waals surface area (Å²) in [4.78, 5) is 8.14. The number of aromatic nitrogens is 2. The summed E-state index contributed by atoms with van der Waals surface area (Å²) in [6.07, 6.45) is 6.85. The van der Waals surface area contributed by atoms with Crippen LogP contribution in [0.1, 0.15) is 33.4 Å². The third-order valence-electron chi connectivity index (χ3n) is 3.28. The molecule has 1 aromatic heterocycles. The van der Waals surface area contributed by atoms with E-state index in [1.54, 1.807) is 18.6 Å². The van der Waals surface area contributed by atoms with Crippen LogP contribution in [-0.4, -0.2) is 28.3 Å². The molecule has 0 bridgehead atoms. The first-order chi connectivity index (χ1) is 7.91. The van der Waals surface area contributed by atoms with Crippen molar-refractivity contribution in [3.63, 3.8) is 0 Å². The second-order valence-corrected chi connectivity index (χ2v) is 5.11. The lowest BCUT2D eigenvalue weighted by Gasteiger charge is -2.32. The first-order valence-electron chi connectivity index (χ1n) is 5.71. The number of hydrogen-bond donors (Lipinski definition) is 0. The van der Waals surface area contributed by atoms with E-state index < -0.39 is 0 Å². The van der Waals surface area contributed by atoms with Crippen LogP contribution in [0.2, 0.25) is 0 Å². The van der Waals surface area contributed by atoms with Crippen LogP contribution in [0, 0.1) is 0 Å². The minimum absolute atomic E-state index is 0.301. The van der Waals surface area contributed by atoms with Crippen molar-refractivity contribution in [3.05, 3.63) is 30.3 Å². The Bertz CT molecular complexity index is 402. The molecule has 1 aliphatic rings. The molecule has 0 amide bonds. The summed E-state index contributed by atoms with van der Waals surface area (Å²) >= 11 is 0. The molecule has 0 radical (unpaired) electrons. The smallest absolute Gasteiger partial charge is 0.400 e. The number of rotatable bonds is 2. The zero-order valence-electron chi connectivity index (χ0n) is 10.7. The van der Waals surface area contributed by atoms with Crippen molar-refractivity contribution in [2.75, 3.05) is 0 Å². The van der Waals surface area contributed by atoms with Gasteiger partial charge in [-0.05, 0) is 33.8 Å². The first kappa shape index (κ1) is 12.3. The summed E-state index contributed by atoms with van der Waals surface area (Å²) < 4.78 is 11.7. The summed E-state index contributed by atoms with van der Waals surface area (Å²) in [6.45, 7) is 8.12. The number of nitrogens with zero attached hydrogens (tertiary/aromatic N) is 2. The Morgan fingerprint density at radius 1 is 1.12 bits per heavy atom. The number of hydrogen-bond acceptors (Lipinski definition) is 4. The van der Waals surface area contributed by atoms with E-state index in [1.807, 2.05) is 39.7 Å². The largest absolute Gasteiger partial charge is 0.487 e. The second kappa shape index (κ2) is 4.24. The van der Waals surface area contributed by atoms with Crippen LogP contribution in [-0.2, 0) is 9.31 Å². The quantitative estimate of drug-likeness (QED) is 0.732. The van der Waals surface area contributed by atoms with Gasteiger partial charge in [-0.1, -0.05) is 5.98 Å². The van der Waals surface area contributed by atoms with Crippen LogP contribution in [0.3, 0.4) is 0 Å². The van der Waals surface area contributed by atoms with Crippen molar-refractivity contribution >= 4 is 13.2 Å². The maximum atomic E-state index is 5.83. The summed E-state index contributed by atoms with van der Waals surface area (Å²) in [5.41, 5.74) is 0.191. The van der Waals surface area contributed by atoms with Gasteiger partial charge in [0.1, 0.15) is 0 Å². The molecule has 0 aliphatic carbocycles. The van der Waals surface area contributed by atoms with Crippen molar-refractivity contribution in [2.45, 2.75) is 38.9 Å². The van der Waals surface area contributed by atoms with Crippen LogP contribution in [0.15, 0.2) is 24.6 Å². The van der Waals surface area contributed by atoms with Gasteiger partial charge in [0, 0.05) is 12.4 Å². The molecule has 2 heterocycles. The zero-order chi connectivity index (χ0) is 12.5. The molecule has 0 unspecified atom stereocenters. The van der Waals surface area contributed by atoms with Crippen molar-refractivity contribution < 1.29 is 9.31 Å². The molecule has 90 valence electrons. The molecule has 0 N–H and O–H groups in total. The maximum absolute atomic E-state index is 5.83. The lowest BCUT2D eigenvalue weighted by atomic mass is 9.90. The van der Waals surface area contributed by atoms with Crippen LogP contribution in [0.25, 0.3) is 6.08 Å². The lowest BCUT2D eigenvalue weighted by Crippen LogP contribution is -2.41. The molecular weight excluding hydrogens is 215 g/mol. The van der Waals surface area contributed by atoms with Crippen LogP contribution in [0.5, 0.6) is 0 Å². The second-order valence-electron chi connectivity index (χ2n) is 5.11. The summed E-state index contributed by atoms with van der Waals surface area (Å²) in [5.74, 6) is 1.86. The van der Waals surface area contributed by atoms with Gasteiger partial charge in [0.05, 0.1) is 23.1 Å². The van der Waals surface area contributed by atoms with Crippen LogP contribution < -0.4 is 0 Å². The van der Waals surface area contributed by atoms with Gasteiger partial charge in [-0.2, -0.15) is 0 Å². The molecule has 1 saturated heterocycles. The molecule has 1 fully saturated rings. The molecule has 0 aromatic carbocycles. The monoisotopic (exact) mass is 232 g/mol. The van der Waals surface area contributed by atoms with Crippen LogP contribution >= 0.6 is 0 Å². The highest BCUT2D eigenvalue weighted by Crippen LogP contribution is 2.36. The van der Waals surface area contributed by atoms with Crippen LogP contribution in [0.4, 0.5) is 0 Å². The fourth-order valence-electron chi connectivity index (χ4n) is 1.54. The van der Waals surface area contributed by atoms with Gasteiger partial charge in [0.15, 0.2) is 0 Å². The van der Waals surface area contributed by atoms with Crippen molar-refractivity contribution in [1.82, 2.24) is 9.97 Å². The Hall–Kier alpha value is -1.20. The Morgan fingerprint density at radius 3 is 2.29 bits per heavy atom. The fraction of sp³-hybridized carbons (Fsp3) is 0.500. The Labute approximate surface area is 102 Å². The average molecular weight is 232 g/mol. The summed E-state index contributed by atoms with van der Waals surface area (Å²) in [6, 6.07) is 0. The Kier molecular flexibility index (Phi) is 3.06. The molecule has 2 rings (SSSR count). The molecule has 1 aliphatic heterocycles. The van der Waals surface area contributed by atoms with Gasteiger partial charge in [0.25, 0.3) is 0 Å². The minimum atomic E-state index is -0.331. The van der Waals surface area contributed by atoms with Gasteiger partial charge < -0.3 is 9.31 Å². The molecule has 17 heavy (non-hydrogen) atoms. The van der Waals surface area contributed by atoms with Gasteiger partial charge in [-0.15, -0.1) is 0 Å². The highest BCUT2D eigenvalue weighted by Gasteiger charge is 2.49. The highest BCUT2D eigenvalue weighted by atomic mass is 16.7. The van der Waals surface area contributed by atoms with Crippen molar-refractivity contribution in [3.8, 4) is 0 Å². The minimum Gasteiger partial charge on any atom is -0.400 e. The van der Waals surface area contributed by atoms with E-state index in [0.29, 0.717) is 0 Å². The van der Waals surface area contributed by atoms with E-state index in [-0.39, 0.29) is 18.3 Å². The summed E-state index contributed by atoms with van der Waals surface area (Å²) in [5, 5.41) is 0. The third-order valence-corrected chi connectivity index (χ3v) is 3.28. The van der Waals surface area contributed by atoms with Gasteiger partial charge in [0.2, 0.25) is 0 Å². The van der Waals surface area contributed by atoms with Gasteiger partial charge in [-0.3, -0.25) is 9.97 Å². The fourth-order valence-corrected chi connectivity index (χ4v) is 1.54. The van der Waals surface area contributed by atoms with E-state index >= 15 is 0 Å². The van der Waals surface area contributed by atoms with E-state index in [1.165, 1.54) is 0 Å². The third kappa shape index (κ3) is 2.56. The molecule has 0 atom stereocenters.